The zero-order valence-electron chi connectivity index (χ0n) is 16.7. The van der Waals surface area contributed by atoms with Crippen molar-refractivity contribution in [3.8, 4) is 5.75 Å². The molecule has 9 heteroatoms. The molecule has 2 aromatic rings. The average molecular weight is 415 g/mol. The highest BCUT2D eigenvalue weighted by molar-refractivity contribution is 6.01. The van der Waals surface area contributed by atoms with Crippen molar-refractivity contribution in [2.45, 2.75) is 38.9 Å². The predicted octanol–water partition coefficient (Wildman–Crippen LogP) is 3.06. The molecule has 1 saturated heterocycles. The number of fused-ring (bicyclic) bond motifs is 1. The molecule has 1 aliphatic heterocycles. The van der Waals surface area contributed by atoms with Gasteiger partial charge >= 0.3 is 12.1 Å². The Balaban J connectivity index is 1.58. The van der Waals surface area contributed by atoms with Crippen LogP contribution in [0, 0.1) is 0 Å². The normalized spacial score (nSPS) is 15.6. The van der Waals surface area contributed by atoms with Gasteiger partial charge in [-0.1, -0.05) is 29.3 Å². The fraction of sp³-hybridized carbons (Fsp3) is 0.333. The minimum absolute atomic E-state index is 0.0350. The summed E-state index contributed by atoms with van der Waals surface area (Å²) in [5, 5.41) is 2.24. The number of hydrogen-bond donors (Lipinski definition) is 0. The van der Waals surface area contributed by atoms with Gasteiger partial charge in [0, 0.05) is 19.8 Å². The van der Waals surface area contributed by atoms with Crippen LogP contribution in [0.15, 0.2) is 36.4 Å². The molecule has 1 fully saturated rings. The quantitative estimate of drug-likeness (QED) is 0.402. The van der Waals surface area contributed by atoms with Gasteiger partial charge in [-0.25, -0.2) is 4.79 Å². The van der Waals surface area contributed by atoms with E-state index in [1.165, 1.54) is 6.92 Å². The zero-order valence-corrected chi connectivity index (χ0v) is 16.7. The monoisotopic (exact) mass is 415 g/mol. The van der Waals surface area contributed by atoms with E-state index in [1.807, 2.05) is 30.3 Å². The highest BCUT2D eigenvalue weighted by Gasteiger charge is 2.34. The molecular weight excluding hydrogens is 394 g/mol. The number of methoxy groups -OCH3 is 1. The van der Waals surface area contributed by atoms with Crippen LogP contribution in [0.25, 0.3) is 10.8 Å². The number of carbonyl (C=O) groups is 4. The van der Waals surface area contributed by atoms with Gasteiger partial charge < -0.3 is 14.2 Å². The number of ether oxygens (including phenoxy) is 3. The summed E-state index contributed by atoms with van der Waals surface area (Å²) in [6.45, 7) is 2.99. The summed E-state index contributed by atoms with van der Waals surface area (Å²) in [6.07, 6.45) is -2.66. The van der Waals surface area contributed by atoms with Gasteiger partial charge in [-0.15, -0.1) is 0 Å². The molecule has 0 aromatic heterocycles. The van der Waals surface area contributed by atoms with Crippen LogP contribution < -0.4 is 4.74 Å². The van der Waals surface area contributed by atoms with Gasteiger partial charge in [0.15, 0.2) is 0 Å². The van der Waals surface area contributed by atoms with Crippen LogP contribution in [-0.4, -0.2) is 42.4 Å². The number of nitrogens with zero attached hydrogens (tertiary/aromatic N) is 1. The van der Waals surface area contributed by atoms with Crippen LogP contribution in [0.3, 0.4) is 0 Å². The Kier molecular flexibility index (Phi) is 6.20. The van der Waals surface area contributed by atoms with Crippen LogP contribution >= 0.6 is 0 Å². The summed E-state index contributed by atoms with van der Waals surface area (Å²) in [6, 6.07) is 11.1. The van der Waals surface area contributed by atoms with Gasteiger partial charge in [-0.3, -0.25) is 19.2 Å². The number of amides is 2. The Hall–Kier alpha value is -3.62. The third kappa shape index (κ3) is 4.68. The first-order valence-electron chi connectivity index (χ1n) is 9.31. The summed E-state index contributed by atoms with van der Waals surface area (Å²) in [7, 11) is 1.59. The lowest BCUT2D eigenvalue weighted by molar-refractivity contribution is -0.191. The molecule has 0 aliphatic carbocycles. The van der Waals surface area contributed by atoms with Gasteiger partial charge in [-0.2, -0.15) is 0 Å². The van der Waals surface area contributed by atoms with Crippen molar-refractivity contribution in [3.05, 3.63) is 42.0 Å². The van der Waals surface area contributed by atoms with Crippen molar-refractivity contribution in [3.63, 3.8) is 0 Å². The number of hydroxylamine groups is 2. The lowest BCUT2D eigenvalue weighted by atomic mass is 9.98. The second-order valence-electron chi connectivity index (χ2n) is 6.74. The van der Waals surface area contributed by atoms with Crippen molar-refractivity contribution < 1.29 is 38.2 Å². The molecule has 2 aromatic carbocycles. The molecule has 30 heavy (non-hydrogen) atoms. The summed E-state index contributed by atoms with van der Waals surface area (Å²) < 4.78 is 15.1. The highest BCUT2D eigenvalue weighted by atomic mass is 16.9. The first-order valence-corrected chi connectivity index (χ1v) is 9.31. The third-order valence-electron chi connectivity index (χ3n) is 4.64. The second-order valence-corrected chi connectivity index (χ2v) is 6.74. The number of imide groups is 1. The van der Waals surface area contributed by atoms with Gasteiger partial charge in [0.2, 0.25) is 6.29 Å². The summed E-state index contributed by atoms with van der Waals surface area (Å²) in [5.41, 5.74) is 0.723. The van der Waals surface area contributed by atoms with Crippen LogP contribution in [0.2, 0.25) is 0 Å². The Morgan fingerprint density at radius 1 is 0.933 bits per heavy atom. The summed E-state index contributed by atoms with van der Waals surface area (Å²) in [4.78, 5) is 51.6. The molecule has 158 valence electrons. The molecular formula is C21H21NO8. The molecule has 0 radical (unpaired) electrons. The van der Waals surface area contributed by atoms with Crippen LogP contribution in [0.4, 0.5) is 4.79 Å². The van der Waals surface area contributed by atoms with E-state index in [0.29, 0.717) is 5.06 Å². The fourth-order valence-corrected chi connectivity index (χ4v) is 2.95. The first-order chi connectivity index (χ1) is 14.3. The third-order valence-corrected chi connectivity index (χ3v) is 4.64. The molecule has 1 unspecified atom stereocenters. The molecule has 0 saturated carbocycles. The molecule has 0 N–H and O–H groups in total. The fourth-order valence-electron chi connectivity index (χ4n) is 2.95. The SMILES string of the molecule is COc1ccc2cc(C(C)C(=O)O[C@H](C)OC(=O)ON3C(=O)CCC3=O)ccc2c1. The summed E-state index contributed by atoms with van der Waals surface area (Å²) in [5.74, 6) is -1.78. The lowest BCUT2D eigenvalue weighted by Gasteiger charge is -2.18. The minimum atomic E-state index is -1.31. The minimum Gasteiger partial charge on any atom is -0.497 e. The molecule has 1 heterocycles. The number of rotatable bonds is 6. The van der Waals surface area contributed by atoms with E-state index in [1.54, 1.807) is 20.1 Å². The van der Waals surface area contributed by atoms with Gasteiger partial charge in [0.1, 0.15) is 5.75 Å². The average Bonchev–Trinajstić information content (AvgIpc) is 3.04. The molecule has 0 spiro atoms. The number of hydrogen-bond acceptors (Lipinski definition) is 8. The van der Waals surface area contributed by atoms with Crippen molar-refractivity contribution in [1.29, 1.82) is 0 Å². The zero-order chi connectivity index (χ0) is 21.8. The van der Waals surface area contributed by atoms with E-state index >= 15 is 0 Å². The number of carbonyl (C=O) groups excluding carboxylic acids is 4. The Bertz CT molecular complexity index is 986. The number of esters is 1. The Labute approximate surface area is 172 Å². The molecule has 2 atom stereocenters. The standard InChI is InChI=1S/C21H21NO8/c1-12(14-4-5-16-11-17(27-3)7-6-15(16)10-14)20(25)28-13(2)29-21(26)30-22-18(23)8-9-19(22)24/h4-7,10-13H,8-9H2,1-3H3/t12?,13-/m0/s1. The van der Waals surface area contributed by atoms with E-state index in [0.717, 1.165) is 22.1 Å². The van der Waals surface area contributed by atoms with Crippen LogP contribution in [-0.2, 0) is 28.7 Å². The molecule has 2 amide bonds. The Morgan fingerprint density at radius 3 is 2.23 bits per heavy atom. The van der Waals surface area contributed by atoms with Crippen molar-refractivity contribution in [2.75, 3.05) is 7.11 Å². The largest absolute Gasteiger partial charge is 0.537 e. The highest BCUT2D eigenvalue weighted by Crippen LogP contribution is 2.26. The van der Waals surface area contributed by atoms with E-state index < -0.39 is 36.1 Å². The molecule has 1 aliphatic rings. The van der Waals surface area contributed by atoms with Crippen molar-refractivity contribution in [1.82, 2.24) is 5.06 Å². The maximum atomic E-state index is 12.4. The van der Waals surface area contributed by atoms with Crippen LogP contribution in [0.1, 0.15) is 38.2 Å². The predicted molar refractivity (Wildman–Crippen MR) is 103 cm³/mol. The maximum Gasteiger partial charge on any atom is 0.537 e. The van der Waals surface area contributed by atoms with E-state index in [-0.39, 0.29) is 12.8 Å². The molecule has 9 nitrogen and oxygen atoms in total. The first kappa shape index (κ1) is 21.1. The van der Waals surface area contributed by atoms with Crippen molar-refractivity contribution >= 4 is 34.7 Å². The van der Waals surface area contributed by atoms with E-state index in [9.17, 15) is 19.2 Å². The lowest BCUT2D eigenvalue weighted by Crippen LogP contribution is -2.34. The number of benzene rings is 2. The summed E-state index contributed by atoms with van der Waals surface area (Å²) >= 11 is 0. The van der Waals surface area contributed by atoms with E-state index in [2.05, 4.69) is 4.84 Å². The molecule has 0 bridgehead atoms. The van der Waals surface area contributed by atoms with Crippen LogP contribution in [0.5, 0.6) is 5.75 Å². The Morgan fingerprint density at radius 2 is 1.57 bits per heavy atom. The molecule has 3 rings (SSSR count). The maximum absolute atomic E-state index is 12.4. The van der Waals surface area contributed by atoms with E-state index in [4.69, 9.17) is 14.2 Å². The smallest absolute Gasteiger partial charge is 0.497 e. The van der Waals surface area contributed by atoms with Gasteiger partial charge in [0.25, 0.3) is 11.8 Å². The van der Waals surface area contributed by atoms with Gasteiger partial charge in [-0.05, 0) is 35.4 Å². The van der Waals surface area contributed by atoms with Crippen molar-refractivity contribution in [2.24, 2.45) is 0 Å². The second kappa shape index (κ2) is 8.81. The van der Waals surface area contributed by atoms with Gasteiger partial charge in [0.05, 0.1) is 13.0 Å². The topological polar surface area (TPSA) is 108 Å².